The minimum absolute atomic E-state index is 0.550. The average Bonchev–Trinajstić information content (AvgIpc) is 2.48. The van der Waals surface area contributed by atoms with Crippen molar-refractivity contribution in [2.45, 2.75) is 44.8 Å². The molecule has 0 radical (unpaired) electrons. The molecule has 0 aromatic carbocycles. The highest BCUT2D eigenvalue weighted by molar-refractivity contribution is 7.98. The van der Waals surface area contributed by atoms with Crippen LogP contribution in [0.1, 0.15) is 33.1 Å². The molecule has 3 unspecified atom stereocenters. The second kappa shape index (κ2) is 5.38. The van der Waals surface area contributed by atoms with Crippen LogP contribution in [-0.4, -0.2) is 35.3 Å². The quantitative estimate of drug-likeness (QED) is 0.737. The Morgan fingerprint density at radius 1 is 1.50 bits per heavy atom. The Kier molecular flexibility index (Phi) is 4.74. The zero-order chi connectivity index (χ0) is 10.6. The summed E-state index contributed by atoms with van der Waals surface area (Å²) in [6.45, 7) is 4.95. The van der Waals surface area contributed by atoms with E-state index in [1.807, 2.05) is 13.2 Å². The first-order valence-electron chi connectivity index (χ1n) is 5.48. The van der Waals surface area contributed by atoms with E-state index in [1.165, 1.54) is 19.3 Å². The normalized spacial score (nSPS) is 31.7. The highest BCUT2D eigenvalue weighted by atomic mass is 32.2. The molecule has 1 aliphatic carbocycles. The van der Waals surface area contributed by atoms with E-state index in [-0.39, 0.29) is 0 Å². The van der Waals surface area contributed by atoms with Crippen LogP contribution in [0.15, 0.2) is 0 Å². The fourth-order valence-electron chi connectivity index (χ4n) is 2.12. The molecule has 84 valence electrons. The minimum Gasteiger partial charge on any atom is -0.388 e. The monoisotopic (exact) mass is 217 g/mol. The van der Waals surface area contributed by atoms with Crippen molar-refractivity contribution in [2.24, 2.45) is 5.92 Å². The number of rotatable bonds is 5. The van der Waals surface area contributed by atoms with Crippen LogP contribution in [0.3, 0.4) is 0 Å². The van der Waals surface area contributed by atoms with Crippen molar-refractivity contribution in [1.82, 2.24) is 5.32 Å². The predicted molar refractivity (Wildman–Crippen MR) is 63.8 cm³/mol. The van der Waals surface area contributed by atoms with Crippen LogP contribution < -0.4 is 5.32 Å². The van der Waals surface area contributed by atoms with Gasteiger partial charge in [0.1, 0.15) is 0 Å². The fourth-order valence-corrected chi connectivity index (χ4v) is 2.84. The first kappa shape index (κ1) is 12.3. The zero-order valence-corrected chi connectivity index (χ0v) is 10.4. The van der Waals surface area contributed by atoms with Crippen LogP contribution in [0, 0.1) is 5.92 Å². The molecule has 2 N–H and O–H groups in total. The maximum absolute atomic E-state index is 9.96. The van der Waals surface area contributed by atoms with E-state index in [4.69, 9.17) is 0 Å². The van der Waals surface area contributed by atoms with Gasteiger partial charge in [0, 0.05) is 18.3 Å². The number of thioether (sulfide) groups is 1. The summed E-state index contributed by atoms with van der Waals surface area (Å²) in [6, 6.07) is 0.637. The van der Waals surface area contributed by atoms with E-state index in [2.05, 4.69) is 12.2 Å². The van der Waals surface area contributed by atoms with Crippen molar-refractivity contribution in [1.29, 1.82) is 0 Å². The van der Waals surface area contributed by atoms with E-state index < -0.39 is 5.60 Å². The van der Waals surface area contributed by atoms with Gasteiger partial charge in [-0.25, -0.2) is 0 Å². The van der Waals surface area contributed by atoms with Crippen LogP contribution in [0.4, 0.5) is 0 Å². The molecule has 0 amide bonds. The summed E-state index contributed by atoms with van der Waals surface area (Å²) in [5.41, 5.74) is -0.550. The molecular formula is C11H23NOS. The average molecular weight is 217 g/mol. The lowest BCUT2D eigenvalue weighted by Gasteiger charge is -2.25. The van der Waals surface area contributed by atoms with Gasteiger partial charge in [-0.1, -0.05) is 6.92 Å². The third-order valence-electron chi connectivity index (χ3n) is 2.92. The molecule has 14 heavy (non-hydrogen) atoms. The molecule has 0 bridgehead atoms. The van der Waals surface area contributed by atoms with Gasteiger partial charge in [0.2, 0.25) is 0 Å². The second-order valence-corrected chi connectivity index (χ2v) is 5.79. The van der Waals surface area contributed by atoms with Crippen molar-refractivity contribution in [3.8, 4) is 0 Å². The smallest absolute Gasteiger partial charge is 0.0833 e. The molecule has 0 saturated heterocycles. The summed E-state index contributed by atoms with van der Waals surface area (Å²) in [5, 5.41) is 13.4. The second-order valence-electron chi connectivity index (χ2n) is 4.93. The topological polar surface area (TPSA) is 32.3 Å². The van der Waals surface area contributed by atoms with Gasteiger partial charge in [0.05, 0.1) is 5.60 Å². The lowest BCUT2D eigenvalue weighted by molar-refractivity contribution is 0.0815. The van der Waals surface area contributed by atoms with Crippen LogP contribution in [0.2, 0.25) is 0 Å². The number of hydrogen-bond donors (Lipinski definition) is 2. The highest BCUT2D eigenvalue weighted by Gasteiger charge is 2.25. The van der Waals surface area contributed by atoms with E-state index in [0.717, 1.165) is 18.2 Å². The first-order chi connectivity index (χ1) is 6.53. The van der Waals surface area contributed by atoms with Crippen LogP contribution in [0.25, 0.3) is 0 Å². The standard InChI is InChI=1S/C11H23NOS/c1-9-4-5-10(6-9)12-7-11(2,13)8-14-3/h9-10,12-13H,4-8H2,1-3H3. The van der Waals surface area contributed by atoms with E-state index in [0.29, 0.717) is 6.04 Å². The summed E-state index contributed by atoms with van der Waals surface area (Å²) in [4.78, 5) is 0. The predicted octanol–water partition coefficient (Wildman–Crippen LogP) is 1.88. The van der Waals surface area contributed by atoms with E-state index in [9.17, 15) is 5.11 Å². The lowest BCUT2D eigenvalue weighted by atomic mass is 10.1. The highest BCUT2D eigenvalue weighted by Crippen LogP contribution is 2.24. The molecule has 0 spiro atoms. The van der Waals surface area contributed by atoms with Gasteiger partial charge < -0.3 is 10.4 Å². The van der Waals surface area contributed by atoms with Crippen molar-refractivity contribution in [3.63, 3.8) is 0 Å². The van der Waals surface area contributed by atoms with Crippen LogP contribution in [0.5, 0.6) is 0 Å². The Bertz CT molecular complexity index is 173. The molecule has 1 rings (SSSR count). The Labute approximate surface area is 91.9 Å². The molecule has 0 aromatic rings. The van der Waals surface area contributed by atoms with Gasteiger partial charge in [0.15, 0.2) is 0 Å². The maximum atomic E-state index is 9.96. The van der Waals surface area contributed by atoms with Gasteiger partial charge in [-0.15, -0.1) is 0 Å². The maximum Gasteiger partial charge on any atom is 0.0833 e. The summed E-state index contributed by atoms with van der Waals surface area (Å²) in [7, 11) is 0. The number of aliphatic hydroxyl groups is 1. The molecule has 0 aromatic heterocycles. The number of hydrogen-bond acceptors (Lipinski definition) is 3. The van der Waals surface area contributed by atoms with Gasteiger partial charge in [0.25, 0.3) is 0 Å². The Balaban J connectivity index is 2.19. The molecule has 0 heterocycles. The molecule has 3 atom stereocenters. The fraction of sp³-hybridized carbons (Fsp3) is 1.00. The first-order valence-corrected chi connectivity index (χ1v) is 6.87. The molecule has 1 aliphatic rings. The molecule has 2 nitrogen and oxygen atoms in total. The minimum atomic E-state index is -0.550. The summed E-state index contributed by atoms with van der Waals surface area (Å²) in [5.74, 6) is 1.67. The largest absolute Gasteiger partial charge is 0.388 e. The Morgan fingerprint density at radius 2 is 2.21 bits per heavy atom. The molecular weight excluding hydrogens is 194 g/mol. The summed E-state index contributed by atoms with van der Waals surface area (Å²) < 4.78 is 0. The third-order valence-corrected chi connectivity index (χ3v) is 3.83. The molecule has 1 fully saturated rings. The van der Waals surface area contributed by atoms with Gasteiger partial charge >= 0.3 is 0 Å². The van der Waals surface area contributed by atoms with E-state index >= 15 is 0 Å². The number of nitrogens with one attached hydrogen (secondary N) is 1. The molecule has 1 saturated carbocycles. The van der Waals surface area contributed by atoms with Crippen molar-refractivity contribution in [2.75, 3.05) is 18.6 Å². The third kappa shape index (κ3) is 4.20. The summed E-state index contributed by atoms with van der Waals surface area (Å²) >= 11 is 1.70. The summed E-state index contributed by atoms with van der Waals surface area (Å²) in [6.07, 6.45) is 5.92. The zero-order valence-electron chi connectivity index (χ0n) is 9.55. The van der Waals surface area contributed by atoms with Crippen molar-refractivity contribution in [3.05, 3.63) is 0 Å². The van der Waals surface area contributed by atoms with Gasteiger partial charge in [-0.05, 0) is 38.4 Å². The van der Waals surface area contributed by atoms with Gasteiger partial charge in [-0.3, -0.25) is 0 Å². The van der Waals surface area contributed by atoms with Crippen LogP contribution >= 0.6 is 11.8 Å². The molecule has 3 heteroatoms. The van der Waals surface area contributed by atoms with Crippen molar-refractivity contribution < 1.29 is 5.11 Å². The van der Waals surface area contributed by atoms with Gasteiger partial charge in [-0.2, -0.15) is 11.8 Å². The van der Waals surface area contributed by atoms with E-state index in [1.54, 1.807) is 11.8 Å². The molecule has 0 aliphatic heterocycles. The van der Waals surface area contributed by atoms with Crippen LogP contribution in [-0.2, 0) is 0 Å². The SMILES string of the molecule is CSCC(C)(O)CNC1CCC(C)C1. The Hall–Kier alpha value is 0.270. The van der Waals surface area contributed by atoms with Crippen molar-refractivity contribution >= 4 is 11.8 Å². The lowest BCUT2D eigenvalue weighted by Crippen LogP contribution is -2.43. The Morgan fingerprint density at radius 3 is 2.71 bits per heavy atom.